The zero-order valence-corrected chi connectivity index (χ0v) is 6.36. The molecule has 1 heteroatoms. The van der Waals surface area contributed by atoms with E-state index in [2.05, 4.69) is 13.8 Å². The van der Waals surface area contributed by atoms with Gasteiger partial charge in [-0.05, 0) is 24.3 Å². The Morgan fingerprint density at radius 3 is 2.11 bits per heavy atom. The van der Waals surface area contributed by atoms with Gasteiger partial charge in [-0.15, -0.1) is 0 Å². The van der Waals surface area contributed by atoms with Crippen LogP contribution >= 0.6 is 0 Å². The summed E-state index contributed by atoms with van der Waals surface area (Å²) in [5.41, 5.74) is 1.42. The largest absolute Gasteiger partial charge is 0.512 e. The molecule has 1 aliphatic rings. The second-order valence-electron chi connectivity index (χ2n) is 3.46. The van der Waals surface area contributed by atoms with Gasteiger partial charge in [0.05, 0.1) is 5.76 Å². The van der Waals surface area contributed by atoms with Crippen LogP contribution in [-0.2, 0) is 0 Å². The zero-order chi connectivity index (χ0) is 7.07. The third kappa shape index (κ3) is 0.958. The maximum absolute atomic E-state index is 9.21. The predicted molar refractivity (Wildman–Crippen MR) is 38.3 cm³/mol. The summed E-state index contributed by atoms with van der Waals surface area (Å²) in [4.78, 5) is 0. The lowest BCUT2D eigenvalue weighted by Gasteiger charge is -2.17. The lowest BCUT2D eigenvalue weighted by Crippen LogP contribution is -2.06. The molecule has 1 N–H and O–H groups in total. The van der Waals surface area contributed by atoms with Crippen LogP contribution in [0.5, 0.6) is 0 Å². The van der Waals surface area contributed by atoms with Gasteiger partial charge in [-0.3, -0.25) is 0 Å². The van der Waals surface area contributed by atoms with Crippen molar-refractivity contribution >= 4 is 0 Å². The maximum atomic E-state index is 9.21. The molecule has 0 fully saturated rings. The van der Waals surface area contributed by atoms with Crippen LogP contribution in [0.3, 0.4) is 0 Å². The average molecular weight is 126 g/mol. The summed E-state index contributed by atoms with van der Waals surface area (Å²) in [5.74, 6) is 0.611. The van der Waals surface area contributed by atoms with E-state index < -0.39 is 0 Å². The molecule has 0 saturated heterocycles. The topological polar surface area (TPSA) is 20.2 Å². The number of allylic oxidation sites excluding steroid dienone is 2. The number of hydrogen-bond acceptors (Lipinski definition) is 1. The second-order valence-corrected chi connectivity index (χ2v) is 3.46. The van der Waals surface area contributed by atoms with E-state index >= 15 is 0 Å². The molecule has 0 spiro atoms. The predicted octanol–water partition coefficient (Wildman–Crippen LogP) is 2.64. The standard InChI is InChI=1S/C8H14O/c1-6-7(9)4-5-8(6,2)3/h9H,4-5H2,1-3H3. The fourth-order valence-electron chi connectivity index (χ4n) is 1.20. The van der Waals surface area contributed by atoms with Gasteiger partial charge < -0.3 is 5.11 Å². The summed E-state index contributed by atoms with van der Waals surface area (Å²) in [6.45, 7) is 6.36. The highest BCUT2D eigenvalue weighted by molar-refractivity contribution is 5.19. The van der Waals surface area contributed by atoms with Crippen molar-refractivity contribution in [1.82, 2.24) is 0 Å². The van der Waals surface area contributed by atoms with Crippen molar-refractivity contribution in [2.45, 2.75) is 33.6 Å². The SMILES string of the molecule is CC1=C(O)CCC1(C)C. The van der Waals surface area contributed by atoms with Gasteiger partial charge in [-0.25, -0.2) is 0 Å². The molecule has 0 amide bonds. The van der Waals surface area contributed by atoms with Crippen LogP contribution in [0.25, 0.3) is 0 Å². The van der Waals surface area contributed by atoms with Crippen molar-refractivity contribution in [3.05, 3.63) is 11.3 Å². The van der Waals surface area contributed by atoms with Crippen molar-refractivity contribution in [3.8, 4) is 0 Å². The summed E-state index contributed by atoms with van der Waals surface area (Å²) in [7, 11) is 0. The third-order valence-electron chi connectivity index (χ3n) is 2.43. The zero-order valence-electron chi connectivity index (χ0n) is 6.36. The van der Waals surface area contributed by atoms with Crippen molar-refractivity contribution in [1.29, 1.82) is 0 Å². The van der Waals surface area contributed by atoms with Crippen LogP contribution in [0.15, 0.2) is 11.3 Å². The smallest absolute Gasteiger partial charge is 0.0917 e. The highest BCUT2D eigenvalue weighted by Gasteiger charge is 2.28. The molecule has 1 rings (SSSR count). The third-order valence-corrected chi connectivity index (χ3v) is 2.43. The van der Waals surface area contributed by atoms with Gasteiger partial charge in [0.15, 0.2) is 0 Å². The van der Waals surface area contributed by atoms with Gasteiger partial charge in [0.25, 0.3) is 0 Å². The van der Waals surface area contributed by atoms with Gasteiger partial charge in [0.1, 0.15) is 0 Å². The van der Waals surface area contributed by atoms with Crippen molar-refractivity contribution in [2.75, 3.05) is 0 Å². The van der Waals surface area contributed by atoms with Gasteiger partial charge >= 0.3 is 0 Å². The van der Waals surface area contributed by atoms with Crippen LogP contribution in [0, 0.1) is 5.41 Å². The second kappa shape index (κ2) is 1.76. The van der Waals surface area contributed by atoms with E-state index in [0.717, 1.165) is 12.8 Å². The molecule has 0 atom stereocenters. The van der Waals surface area contributed by atoms with Gasteiger partial charge in [-0.2, -0.15) is 0 Å². The Labute approximate surface area is 56.4 Å². The van der Waals surface area contributed by atoms with E-state index in [1.165, 1.54) is 5.57 Å². The molecule has 0 saturated carbocycles. The molecule has 0 unspecified atom stereocenters. The Morgan fingerprint density at radius 1 is 1.44 bits per heavy atom. The minimum absolute atomic E-state index is 0.254. The van der Waals surface area contributed by atoms with Gasteiger partial charge in [-0.1, -0.05) is 13.8 Å². The van der Waals surface area contributed by atoms with E-state index in [1.54, 1.807) is 0 Å². The number of hydrogen-bond donors (Lipinski definition) is 1. The first kappa shape index (κ1) is 6.66. The van der Waals surface area contributed by atoms with E-state index in [1.807, 2.05) is 6.92 Å². The molecule has 0 aliphatic heterocycles. The monoisotopic (exact) mass is 126 g/mol. The fraction of sp³-hybridized carbons (Fsp3) is 0.750. The van der Waals surface area contributed by atoms with Crippen LogP contribution in [0.2, 0.25) is 0 Å². The maximum Gasteiger partial charge on any atom is 0.0917 e. The minimum Gasteiger partial charge on any atom is -0.512 e. The highest BCUT2D eigenvalue weighted by atomic mass is 16.3. The Morgan fingerprint density at radius 2 is 2.00 bits per heavy atom. The molecule has 0 aromatic carbocycles. The number of aliphatic hydroxyl groups is 1. The molecule has 0 aromatic rings. The summed E-state index contributed by atoms with van der Waals surface area (Å²) in [5, 5.41) is 9.21. The number of rotatable bonds is 0. The van der Waals surface area contributed by atoms with Crippen molar-refractivity contribution < 1.29 is 5.11 Å². The van der Waals surface area contributed by atoms with Gasteiger partial charge in [0.2, 0.25) is 0 Å². The quantitative estimate of drug-likeness (QED) is 0.529. The van der Waals surface area contributed by atoms with Crippen LogP contribution < -0.4 is 0 Å². The Bertz CT molecular complexity index is 154. The first-order valence-electron chi connectivity index (χ1n) is 3.43. The molecule has 1 nitrogen and oxygen atoms in total. The molecule has 0 radical (unpaired) electrons. The molecule has 0 bridgehead atoms. The summed E-state index contributed by atoms with van der Waals surface area (Å²) < 4.78 is 0. The molecular weight excluding hydrogens is 112 g/mol. The lowest BCUT2D eigenvalue weighted by atomic mass is 9.87. The molecule has 0 aromatic heterocycles. The average Bonchev–Trinajstić information content (AvgIpc) is 1.97. The summed E-state index contributed by atoms with van der Waals surface area (Å²) in [6.07, 6.45) is 1.98. The van der Waals surface area contributed by atoms with Crippen LogP contribution in [0.4, 0.5) is 0 Å². The van der Waals surface area contributed by atoms with Gasteiger partial charge in [0, 0.05) is 6.42 Å². The molecule has 1 aliphatic carbocycles. The van der Waals surface area contributed by atoms with E-state index in [-0.39, 0.29) is 5.41 Å². The first-order chi connectivity index (χ1) is 4.04. The number of aliphatic hydroxyl groups excluding tert-OH is 1. The molecule has 0 heterocycles. The molecular formula is C8H14O. The highest BCUT2D eigenvalue weighted by Crippen LogP contribution is 2.40. The van der Waals surface area contributed by atoms with Crippen molar-refractivity contribution in [2.24, 2.45) is 5.41 Å². The van der Waals surface area contributed by atoms with E-state index in [0.29, 0.717) is 5.76 Å². The lowest BCUT2D eigenvalue weighted by molar-refractivity contribution is 0.393. The molecule has 9 heavy (non-hydrogen) atoms. The minimum atomic E-state index is 0.254. The van der Waals surface area contributed by atoms with E-state index in [9.17, 15) is 5.11 Å². The Kier molecular flexibility index (Phi) is 1.30. The Balaban J connectivity index is 2.88. The van der Waals surface area contributed by atoms with Crippen LogP contribution in [0.1, 0.15) is 33.6 Å². The summed E-state index contributed by atoms with van der Waals surface area (Å²) in [6, 6.07) is 0. The fourth-order valence-corrected chi connectivity index (χ4v) is 1.20. The Hall–Kier alpha value is -0.460. The first-order valence-corrected chi connectivity index (χ1v) is 3.43. The van der Waals surface area contributed by atoms with Crippen molar-refractivity contribution in [3.63, 3.8) is 0 Å². The van der Waals surface area contributed by atoms with E-state index in [4.69, 9.17) is 0 Å². The summed E-state index contributed by atoms with van der Waals surface area (Å²) >= 11 is 0. The van der Waals surface area contributed by atoms with Crippen LogP contribution in [-0.4, -0.2) is 5.11 Å². The molecule has 52 valence electrons. The normalized spacial score (nSPS) is 25.2.